The molecule has 31 heavy (non-hydrogen) atoms. The lowest BCUT2D eigenvalue weighted by Gasteiger charge is -2.27. The third-order valence-electron chi connectivity index (χ3n) is 5.11. The molecule has 0 unspecified atom stereocenters. The van der Waals surface area contributed by atoms with E-state index in [9.17, 15) is 19.8 Å². The van der Waals surface area contributed by atoms with Crippen LogP contribution in [-0.4, -0.2) is 38.9 Å². The molecule has 1 amide bonds. The maximum Gasteiger partial charge on any atom is 0.290 e. The highest BCUT2D eigenvalue weighted by Crippen LogP contribution is 2.42. The van der Waals surface area contributed by atoms with Crippen LogP contribution in [0.15, 0.2) is 70.6 Å². The van der Waals surface area contributed by atoms with Gasteiger partial charge in [-0.15, -0.1) is 0 Å². The molecule has 2 N–H and O–H groups in total. The van der Waals surface area contributed by atoms with Crippen LogP contribution in [0.25, 0.3) is 0 Å². The number of furan rings is 1. The zero-order chi connectivity index (χ0) is 22.1. The third-order valence-corrected chi connectivity index (χ3v) is 5.11. The van der Waals surface area contributed by atoms with Gasteiger partial charge in [-0.2, -0.15) is 0 Å². The Morgan fingerprint density at radius 3 is 2.68 bits per heavy atom. The van der Waals surface area contributed by atoms with Crippen LogP contribution in [0.4, 0.5) is 0 Å². The first-order valence-corrected chi connectivity index (χ1v) is 9.51. The van der Waals surface area contributed by atoms with Gasteiger partial charge < -0.3 is 24.3 Å². The van der Waals surface area contributed by atoms with Crippen LogP contribution >= 0.6 is 0 Å². The van der Waals surface area contributed by atoms with Crippen molar-refractivity contribution in [2.45, 2.75) is 19.5 Å². The molecule has 0 radical (unpaired) electrons. The highest BCUT2D eigenvalue weighted by atomic mass is 16.5. The number of aryl methyl sites for hydroxylation is 1. The number of amides is 1. The van der Waals surface area contributed by atoms with E-state index >= 15 is 0 Å². The maximum absolute atomic E-state index is 13.2. The quantitative estimate of drug-likeness (QED) is 0.587. The molecule has 0 bridgehead atoms. The molecule has 0 spiro atoms. The largest absolute Gasteiger partial charge is 0.504 e. The minimum absolute atomic E-state index is 0.0193. The Morgan fingerprint density at radius 2 is 2.03 bits per heavy atom. The summed E-state index contributed by atoms with van der Waals surface area (Å²) in [6, 6.07) is 10.3. The van der Waals surface area contributed by atoms with E-state index in [-0.39, 0.29) is 29.4 Å². The topological polar surface area (TPSA) is 113 Å². The fraction of sp³-hybridized carbons (Fsp3) is 0.174. The van der Waals surface area contributed by atoms with Crippen molar-refractivity contribution in [2.75, 3.05) is 7.11 Å². The van der Waals surface area contributed by atoms with E-state index in [1.807, 2.05) is 0 Å². The van der Waals surface area contributed by atoms with E-state index in [4.69, 9.17) is 9.15 Å². The van der Waals surface area contributed by atoms with Crippen LogP contribution in [-0.2, 0) is 11.3 Å². The predicted octanol–water partition coefficient (Wildman–Crippen LogP) is 3.48. The van der Waals surface area contributed by atoms with Gasteiger partial charge in [-0.25, -0.2) is 0 Å². The number of ketones is 1. The summed E-state index contributed by atoms with van der Waals surface area (Å²) < 4.78 is 10.6. The lowest BCUT2D eigenvalue weighted by molar-refractivity contribution is -0.130. The van der Waals surface area contributed by atoms with Gasteiger partial charge in [-0.05, 0) is 48.4 Å². The number of carbonyl (C=O) groups excluding carboxylic acids is 2. The Hall–Kier alpha value is -4.07. The molecule has 0 aliphatic carbocycles. The molecule has 0 fully saturated rings. The Kier molecular flexibility index (Phi) is 5.21. The number of hydrogen-bond acceptors (Lipinski definition) is 7. The van der Waals surface area contributed by atoms with Gasteiger partial charge in [0.1, 0.15) is 5.76 Å². The first-order valence-electron chi connectivity index (χ1n) is 9.51. The summed E-state index contributed by atoms with van der Waals surface area (Å²) in [5.41, 5.74) is 1.11. The van der Waals surface area contributed by atoms with Gasteiger partial charge in [-0.3, -0.25) is 14.6 Å². The second-order valence-corrected chi connectivity index (χ2v) is 7.13. The smallest absolute Gasteiger partial charge is 0.290 e. The van der Waals surface area contributed by atoms with E-state index in [2.05, 4.69) is 4.98 Å². The Morgan fingerprint density at radius 1 is 1.23 bits per heavy atom. The number of benzene rings is 1. The number of aromatic nitrogens is 1. The second-order valence-electron chi connectivity index (χ2n) is 7.13. The molecule has 4 rings (SSSR count). The van der Waals surface area contributed by atoms with Gasteiger partial charge in [0, 0.05) is 18.9 Å². The normalized spacial score (nSPS) is 16.1. The summed E-state index contributed by atoms with van der Waals surface area (Å²) in [6.45, 7) is 1.81. The van der Waals surface area contributed by atoms with E-state index in [0.29, 0.717) is 11.3 Å². The Balaban J connectivity index is 1.83. The number of phenolic OH excluding ortho intramolecular Hbond substituents is 1. The van der Waals surface area contributed by atoms with Crippen LogP contribution in [0.1, 0.15) is 33.5 Å². The highest BCUT2D eigenvalue weighted by Gasteiger charge is 2.44. The van der Waals surface area contributed by atoms with Gasteiger partial charge >= 0.3 is 0 Å². The number of rotatable bonds is 6. The molecule has 3 heterocycles. The van der Waals surface area contributed by atoms with E-state index in [1.165, 1.54) is 30.2 Å². The number of pyridine rings is 1. The van der Waals surface area contributed by atoms with Crippen LogP contribution in [0.2, 0.25) is 0 Å². The summed E-state index contributed by atoms with van der Waals surface area (Å²) in [5, 5.41) is 20.7. The van der Waals surface area contributed by atoms with Crippen LogP contribution < -0.4 is 4.74 Å². The van der Waals surface area contributed by atoms with Crippen molar-refractivity contribution in [3.63, 3.8) is 0 Å². The number of hydrogen-bond donors (Lipinski definition) is 2. The van der Waals surface area contributed by atoms with E-state index < -0.39 is 23.5 Å². The van der Waals surface area contributed by atoms with Crippen molar-refractivity contribution < 1.29 is 29.0 Å². The van der Waals surface area contributed by atoms with Crippen LogP contribution in [0, 0.1) is 6.92 Å². The molecule has 3 aromatic rings. The molecule has 1 aliphatic rings. The van der Waals surface area contributed by atoms with Crippen molar-refractivity contribution in [1.82, 2.24) is 9.88 Å². The lowest BCUT2D eigenvalue weighted by Crippen LogP contribution is -2.30. The molecular weight excluding hydrogens is 400 g/mol. The summed E-state index contributed by atoms with van der Waals surface area (Å²) in [4.78, 5) is 31.7. The second kappa shape index (κ2) is 7.98. The number of aromatic hydroxyl groups is 1. The van der Waals surface area contributed by atoms with Gasteiger partial charge in [0.2, 0.25) is 5.78 Å². The average molecular weight is 420 g/mol. The number of aliphatic hydroxyl groups is 1. The van der Waals surface area contributed by atoms with Crippen LogP contribution in [0.5, 0.6) is 11.5 Å². The molecule has 1 aromatic carbocycles. The zero-order valence-corrected chi connectivity index (χ0v) is 16.9. The van der Waals surface area contributed by atoms with E-state index in [1.54, 1.807) is 43.6 Å². The maximum atomic E-state index is 13.2. The Labute approximate surface area is 178 Å². The third kappa shape index (κ3) is 3.63. The molecule has 158 valence electrons. The number of nitrogens with zero attached hydrogens (tertiary/aromatic N) is 2. The van der Waals surface area contributed by atoms with Crippen molar-refractivity contribution in [3.05, 3.63) is 88.8 Å². The number of methoxy groups -OCH3 is 1. The van der Waals surface area contributed by atoms with Gasteiger partial charge in [0.25, 0.3) is 5.91 Å². The number of aliphatic hydroxyl groups excluding tert-OH is 1. The fourth-order valence-corrected chi connectivity index (χ4v) is 3.64. The minimum atomic E-state index is -0.917. The molecule has 0 saturated carbocycles. The van der Waals surface area contributed by atoms with Gasteiger partial charge in [0.15, 0.2) is 23.0 Å². The summed E-state index contributed by atoms with van der Waals surface area (Å²) in [6.07, 6.45) is 3.22. The van der Waals surface area contributed by atoms with Crippen molar-refractivity contribution in [2.24, 2.45) is 0 Å². The first-order chi connectivity index (χ1) is 14.9. The molecule has 1 atom stereocenters. The van der Waals surface area contributed by atoms with E-state index in [0.717, 1.165) is 5.56 Å². The monoisotopic (exact) mass is 420 g/mol. The Bertz CT molecular complexity index is 1180. The van der Waals surface area contributed by atoms with Crippen molar-refractivity contribution in [3.8, 4) is 11.5 Å². The number of ether oxygens (including phenoxy) is 1. The standard InChI is InChI=1S/C23H20N2O6/c1-13-5-8-17(31-13)21(27)19-20(15-6-7-16(26)18(10-15)30-2)25(23(29)22(19)28)12-14-4-3-9-24-11-14/h3-11,20,26,28H,12H2,1-2H3/t20-/m0/s1. The lowest BCUT2D eigenvalue weighted by atomic mass is 9.94. The SMILES string of the molecule is COc1cc([C@H]2C(C(=O)c3ccc(C)o3)=C(O)C(=O)N2Cc2cccnc2)ccc1O. The summed E-state index contributed by atoms with van der Waals surface area (Å²) >= 11 is 0. The van der Waals surface area contributed by atoms with Crippen LogP contribution in [0.3, 0.4) is 0 Å². The number of carbonyl (C=O) groups is 2. The minimum Gasteiger partial charge on any atom is -0.504 e. The van der Waals surface area contributed by atoms with Crippen molar-refractivity contribution in [1.29, 1.82) is 0 Å². The fourth-order valence-electron chi connectivity index (χ4n) is 3.64. The highest BCUT2D eigenvalue weighted by molar-refractivity contribution is 6.15. The molecule has 1 aliphatic heterocycles. The van der Waals surface area contributed by atoms with Gasteiger partial charge in [0.05, 0.1) is 18.7 Å². The average Bonchev–Trinajstić information content (AvgIpc) is 3.31. The predicted molar refractivity (Wildman–Crippen MR) is 110 cm³/mol. The molecule has 0 saturated heterocycles. The molecule has 8 heteroatoms. The first kappa shape index (κ1) is 20.2. The summed E-state index contributed by atoms with van der Waals surface area (Å²) in [7, 11) is 1.40. The number of Topliss-reactive ketones (excluding diaryl/α,β-unsaturated/α-hetero) is 1. The zero-order valence-electron chi connectivity index (χ0n) is 16.9. The number of phenols is 1. The summed E-state index contributed by atoms with van der Waals surface area (Å²) in [5.74, 6) is -1.28. The molecule has 2 aromatic heterocycles. The molecular formula is C23H20N2O6. The van der Waals surface area contributed by atoms with Crippen molar-refractivity contribution >= 4 is 11.7 Å². The molecule has 8 nitrogen and oxygen atoms in total. The van der Waals surface area contributed by atoms with Gasteiger partial charge in [-0.1, -0.05) is 12.1 Å².